The lowest BCUT2D eigenvalue weighted by Crippen LogP contribution is -2.49. The second kappa shape index (κ2) is 10.6. The molecule has 1 aliphatic heterocycles. The number of alkyl halides is 2. The summed E-state index contributed by atoms with van der Waals surface area (Å²) in [4.78, 5) is 26.9. The largest absolute Gasteiger partial charge is 0.480 e. The second-order valence-corrected chi connectivity index (χ2v) is 8.28. The van der Waals surface area contributed by atoms with Crippen LogP contribution in [0.1, 0.15) is 34.8 Å². The molecule has 9 heteroatoms. The number of aryl methyl sites for hydroxylation is 2. The van der Waals surface area contributed by atoms with Gasteiger partial charge in [0.25, 0.3) is 5.91 Å². The van der Waals surface area contributed by atoms with Crippen molar-refractivity contribution in [3.05, 3.63) is 53.1 Å². The fraction of sp³-hybridized carbons (Fsp3) is 0.417. The lowest BCUT2D eigenvalue weighted by molar-refractivity contribution is -0.124. The number of carbonyl (C=O) groups excluding carboxylic acids is 1. The molecular weight excluding hydrogens is 432 g/mol. The maximum Gasteiger partial charge on any atom is 0.337 e. The summed E-state index contributed by atoms with van der Waals surface area (Å²) in [6, 6.07) is 10.3. The average Bonchev–Trinajstić information content (AvgIpc) is 2.75. The fourth-order valence-electron chi connectivity index (χ4n) is 3.89. The van der Waals surface area contributed by atoms with Crippen LogP contribution in [0.4, 0.5) is 20.2 Å². The number of amides is 1. The van der Waals surface area contributed by atoms with Gasteiger partial charge in [-0.3, -0.25) is 4.79 Å². The molecule has 1 fully saturated rings. The van der Waals surface area contributed by atoms with Gasteiger partial charge in [-0.05, 0) is 50.1 Å². The number of halogens is 2. The van der Waals surface area contributed by atoms with Gasteiger partial charge in [0.05, 0.1) is 17.7 Å². The highest BCUT2D eigenvalue weighted by Crippen LogP contribution is 2.28. The van der Waals surface area contributed by atoms with Crippen LogP contribution in [0.2, 0.25) is 0 Å². The van der Waals surface area contributed by atoms with Crippen molar-refractivity contribution in [2.24, 2.45) is 0 Å². The summed E-state index contributed by atoms with van der Waals surface area (Å²) in [7, 11) is 0. The van der Waals surface area contributed by atoms with Gasteiger partial charge in [-0.1, -0.05) is 18.2 Å². The van der Waals surface area contributed by atoms with Crippen molar-refractivity contribution in [2.45, 2.75) is 45.8 Å². The van der Waals surface area contributed by atoms with Crippen molar-refractivity contribution in [3.63, 3.8) is 0 Å². The Bertz CT molecular complexity index is 995. The summed E-state index contributed by atoms with van der Waals surface area (Å²) in [6.45, 7) is 7.76. The van der Waals surface area contributed by atoms with Gasteiger partial charge in [0.2, 0.25) is 6.43 Å². The van der Waals surface area contributed by atoms with E-state index in [2.05, 4.69) is 15.5 Å². The molecule has 1 amide bonds. The lowest BCUT2D eigenvalue weighted by Gasteiger charge is -2.34. The van der Waals surface area contributed by atoms with E-state index in [-0.39, 0.29) is 17.3 Å². The van der Waals surface area contributed by atoms with Crippen LogP contribution in [0.25, 0.3) is 0 Å². The van der Waals surface area contributed by atoms with Crippen LogP contribution in [0.3, 0.4) is 0 Å². The number of piperazine rings is 1. The minimum Gasteiger partial charge on any atom is -0.480 e. The van der Waals surface area contributed by atoms with Gasteiger partial charge in [-0.15, -0.1) is 0 Å². The van der Waals surface area contributed by atoms with Crippen molar-refractivity contribution in [1.29, 1.82) is 0 Å². The van der Waals surface area contributed by atoms with E-state index >= 15 is 0 Å². The van der Waals surface area contributed by atoms with E-state index in [0.717, 1.165) is 18.8 Å². The van der Waals surface area contributed by atoms with E-state index < -0.39 is 30.8 Å². The van der Waals surface area contributed by atoms with Crippen LogP contribution < -0.4 is 20.3 Å². The predicted molar refractivity (Wildman–Crippen MR) is 123 cm³/mol. The number of rotatable bonds is 8. The summed E-state index contributed by atoms with van der Waals surface area (Å²) < 4.78 is 32.1. The van der Waals surface area contributed by atoms with Crippen molar-refractivity contribution in [2.75, 3.05) is 29.9 Å². The number of ether oxygens (including phenoxy) is 1. The minimum atomic E-state index is -2.78. The molecule has 2 aromatic rings. The van der Waals surface area contributed by atoms with E-state index in [1.807, 2.05) is 6.92 Å². The molecule has 1 saturated heterocycles. The molecule has 0 unspecified atom stereocenters. The Morgan fingerprint density at radius 1 is 1.24 bits per heavy atom. The molecule has 7 nitrogen and oxygen atoms in total. The van der Waals surface area contributed by atoms with Gasteiger partial charge in [-0.2, -0.15) is 0 Å². The zero-order chi connectivity index (χ0) is 24.1. The van der Waals surface area contributed by atoms with E-state index in [1.54, 1.807) is 38.1 Å². The Labute approximate surface area is 191 Å². The maximum absolute atomic E-state index is 13.2. The molecule has 33 heavy (non-hydrogen) atoms. The summed E-state index contributed by atoms with van der Waals surface area (Å²) in [6.07, 6.45) is -5.08. The Balaban J connectivity index is 1.84. The van der Waals surface area contributed by atoms with Gasteiger partial charge >= 0.3 is 5.97 Å². The molecule has 3 rings (SSSR count). The minimum absolute atomic E-state index is 0.0313. The number of carboxylic acids is 1. The summed E-state index contributed by atoms with van der Waals surface area (Å²) in [5, 5.41) is 15.5. The molecule has 1 heterocycles. The van der Waals surface area contributed by atoms with E-state index in [1.165, 1.54) is 12.1 Å². The van der Waals surface area contributed by atoms with Crippen LogP contribution in [0.15, 0.2) is 36.4 Å². The van der Waals surface area contributed by atoms with E-state index in [9.17, 15) is 23.5 Å². The zero-order valence-corrected chi connectivity index (χ0v) is 18.9. The number of carboxylic acid groups (broad SMARTS) is 1. The Hall–Kier alpha value is -3.20. The first kappa shape index (κ1) is 24.4. The first-order valence-corrected chi connectivity index (χ1v) is 10.8. The summed E-state index contributed by atoms with van der Waals surface area (Å²) >= 11 is 0. The first-order chi connectivity index (χ1) is 15.7. The van der Waals surface area contributed by atoms with E-state index in [4.69, 9.17) is 4.74 Å². The molecule has 0 bridgehead atoms. The number of hydrogen-bond acceptors (Lipinski definition) is 5. The monoisotopic (exact) mass is 461 g/mol. The van der Waals surface area contributed by atoms with Crippen LogP contribution in [0.5, 0.6) is 5.75 Å². The number of aromatic carboxylic acids is 1. The quantitative estimate of drug-likeness (QED) is 0.553. The smallest absolute Gasteiger partial charge is 0.337 e. The van der Waals surface area contributed by atoms with E-state index in [0.29, 0.717) is 23.4 Å². The topological polar surface area (TPSA) is 90.9 Å². The van der Waals surface area contributed by atoms with Gasteiger partial charge in [0, 0.05) is 31.4 Å². The van der Waals surface area contributed by atoms with Gasteiger partial charge in [0.1, 0.15) is 5.75 Å². The second-order valence-electron chi connectivity index (χ2n) is 8.28. The Morgan fingerprint density at radius 3 is 2.55 bits per heavy atom. The third kappa shape index (κ3) is 6.19. The molecule has 0 aliphatic carbocycles. The van der Waals surface area contributed by atoms with Crippen molar-refractivity contribution in [1.82, 2.24) is 5.32 Å². The number of nitrogens with one attached hydrogen (secondary N) is 2. The number of carbonyl (C=O) groups is 2. The molecule has 178 valence electrons. The summed E-state index contributed by atoms with van der Waals surface area (Å²) in [5.74, 6) is -1.69. The predicted octanol–water partition coefficient (Wildman–Crippen LogP) is 3.84. The molecule has 0 radical (unpaired) electrons. The number of para-hydroxylation sites is 1. The Kier molecular flexibility index (Phi) is 7.86. The molecule has 3 N–H and O–H groups in total. The molecule has 0 aromatic heterocycles. The highest BCUT2D eigenvalue weighted by atomic mass is 19.3. The van der Waals surface area contributed by atoms with Gasteiger partial charge in [0.15, 0.2) is 6.10 Å². The molecule has 2 aromatic carbocycles. The lowest BCUT2D eigenvalue weighted by atomic mass is 10.1. The van der Waals surface area contributed by atoms with Crippen LogP contribution in [-0.2, 0) is 4.79 Å². The highest BCUT2D eigenvalue weighted by Gasteiger charge is 2.28. The fourth-order valence-corrected chi connectivity index (χ4v) is 3.89. The Morgan fingerprint density at radius 2 is 1.94 bits per heavy atom. The third-order valence-electron chi connectivity index (χ3n) is 5.58. The number of anilines is 2. The zero-order valence-electron chi connectivity index (χ0n) is 18.9. The number of hydrogen-bond donors (Lipinski definition) is 3. The molecule has 0 saturated carbocycles. The van der Waals surface area contributed by atoms with Crippen molar-refractivity contribution >= 4 is 23.3 Å². The van der Waals surface area contributed by atoms with Gasteiger partial charge < -0.3 is 25.4 Å². The summed E-state index contributed by atoms with van der Waals surface area (Å²) in [5.41, 5.74) is 2.05. The number of nitrogens with zero attached hydrogens (tertiary/aromatic N) is 1. The normalized spacial score (nSPS) is 17.0. The molecule has 1 aliphatic rings. The van der Waals surface area contributed by atoms with Crippen molar-refractivity contribution in [3.8, 4) is 5.75 Å². The van der Waals surface area contributed by atoms with Crippen LogP contribution >= 0.6 is 0 Å². The molecular formula is C24H29F2N3O4. The standard InChI is InChI=1S/C24H29F2N3O4/c1-14-5-4-6-15(2)22(14)33-20(12-21(25)26)23(30)28-19-8-7-17(11-18(19)24(31)32)29-10-9-27-16(3)13-29/h4-8,11,16,20-21,27H,9-10,12-13H2,1-3H3,(H,28,30)(H,31,32)/t16-,20-/m0/s1. The number of benzene rings is 2. The van der Waals surface area contributed by atoms with Gasteiger partial charge in [-0.25, -0.2) is 13.6 Å². The first-order valence-electron chi connectivity index (χ1n) is 10.8. The molecule has 0 spiro atoms. The average molecular weight is 462 g/mol. The van der Waals surface area contributed by atoms with Crippen molar-refractivity contribution < 1.29 is 28.2 Å². The molecule has 2 atom stereocenters. The van der Waals surface area contributed by atoms with Crippen LogP contribution in [-0.4, -0.2) is 55.2 Å². The highest BCUT2D eigenvalue weighted by molar-refractivity contribution is 6.02. The SMILES string of the molecule is Cc1cccc(C)c1O[C@@H](CC(F)F)C(=O)Nc1ccc(N2CCN[C@@H](C)C2)cc1C(=O)O. The third-order valence-corrected chi connectivity index (χ3v) is 5.58. The van der Waals surface area contributed by atoms with Crippen LogP contribution in [0, 0.1) is 13.8 Å². The maximum atomic E-state index is 13.2.